The Morgan fingerprint density at radius 1 is 1.25 bits per heavy atom. The molecule has 176 valence electrons. The second-order valence-corrected chi connectivity index (χ2v) is 7.23. The van der Waals surface area contributed by atoms with Crippen LogP contribution >= 0.6 is 24.0 Å². The number of nitrogens with one attached hydrogen (secondary N) is 2. The maximum Gasteiger partial charge on any atom is 0.401 e. The summed E-state index contributed by atoms with van der Waals surface area (Å²) in [7, 11) is 0. The first-order valence-corrected chi connectivity index (χ1v) is 10.0. The number of rotatable bonds is 7. The van der Waals surface area contributed by atoms with Gasteiger partial charge in [0.05, 0.1) is 13.1 Å². The van der Waals surface area contributed by atoms with Gasteiger partial charge in [-0.1, -0.05) is 0 Å². The van der Waals surface area contributed by atoms with Crippen molar-refractivity contribution < 1.29 is 22.3 Å². The minimum absolute atomic E-state index is 0. The van der Waals surface area contributed by atoms with Crippen molar-refractivity contribution >= 4 is 29.9 Å². The third-order valence-electron chi connectivity index (χ3n) is 4.62. The lowest BCUT2D eigenvalue weighted by atomic mass is 10.2. The van der Waals surface area contributed by atoms with Crippen LogP contribution in [0, 0.1) is 5.82 Å². The van der Waals surface area contributed by atoms with E-state index in [0.717, 1.165) is 5.56 Å². The predicted octanol–water partition coefficient (Wildman–Crippen LogP) is 4.32. The number of ether oxygens (including phenoxy) is 1. The van der Waals surface area contributed by atoms with Crippen LogP contribution < -0.4 is 15.4 Å². The van der Waals surface area contributed by atoms with Crippen LogP contribution in [0.25, 0.3) is 0 Å². The molecule has 2 heterocycles. The fourth-order valence-corrected chi connectivity index (χ4v) is 3.26. The van der Waals surface area contributed by atoms with E-state index in [2.05, 4.69) is 20.6 Å². The standard InChI is InChI=1S/C21H25F4N5O.HI/c1-2-26-20(29-17-8-10-30(13-17)14-21(23,24)25)28-12-15-7-9-27-19(11-15)31-18-5-3-16(22)4-6-18;/h3-7,9,11,17H,2,8,10,12-14H2,1H3,(H2,26,28,29);1H. The molecule has 1 aliphatic heterocycles. The van der Waals surface area contributed by atoms with Crippen molar-refractivity contribution in [2.24, 2.45) is 4.99 Å². The molecule has 0 bridgehead atoms. The molecule has 11 heteroatoms. The van der Waals surface area contributed by atoms with Gasteiger partial charge in [0.2, 0.25) is 5.88 Å². The predicted molar refractivity (Wildman–Crippen MR) is 125 cm³/mol. The molecule has 0 aliphatic carbocycles. The van der Waals surface area contributed by atoms with Crippen LogP contribution in [0.5, 0.6) is 11.6 Å². The Bertz CT molecular complexity index is 879. The Labute approximate surface area is 201 Å². The molecule has 3 rings (SSSR count). The Morgan fingerprint density at radius 2 is 2.00 bits per heavy atom. The lowest BCUT2D eigenvalue weighted by Gasteiger charge is -2.19. The lowest BCUT2D eigenvalue weighted by Crippen LogP contribution is -2.45. The van der Waals surface area contributed by atoms with Gasteiger partial charge in [-0.05, 0) is 49.2 Å². The van der Waals surface area contributed by atoms with Gasteiger partial charge >= 0.3 is 6.18 Å². The van der Waals surface area contributed by atoms with Gasteiger partial charge in [0.15, 0.2) is 5.96 Å². The van der Waals surface area contributed by atoms with Crippen LogP contribution in [0.2, 0.25) is 0 Å². The Balaban J connectivity index is 0.00000363. The number of pyridine rings is 1. The molecule has 1 aliphatic rings. The molecule has 2 aromatic rings. The number of guanidine groups is 1. The number of benzene rings is 1. The van der Waals surface area contributed by atoms with Crippen molar-refractivity contribution in [1.29, 1.82) is 0 Å². The van der Waals surface area contributed by atoms with Crippen LogP contribution in [0.15, 0.2) is 47.6 Å². The van der Waals surface area contributed by atoms with Gasteiger partial charge in [0.25, 0.3) is 0 Å². The molecule has 0 radical (unpaired) electrons. The SMILES string of the molecule is CCNC(=NCc1ccnc(Oc2ccc(F)cc2)c1)NC1CCN(CC(F)(F)F)C1.I. The van der Waals surface area contributed by atoms with Gasteiger partial charge < -0.3 is 15.4 Å². The van der Waals surface area contributed by atoms with E-state index >= 15 is 0 Å². The van der Waals surface area contributed by atoms with Gasteiger partial charge in [-0.2, -0.15) is 13.2 Å². The van der Waals surface area contributed by atoms with Gasteiger partial charge in [-0.3, -0.25) is 4.90 Å². The molecule has 1 aromatic carbocycles. The molecule has 1 atom stereocenters. The largest absolute Gasteiger partial charge is 0.439 e. The molecular formula is C21H26F4IN5O. The van der Waals surface area contributed by atoms with E-state index in [-0.39, 0.29) is 35.8 Å². The highest BCUT2D eigenvalue weighted by molar-refractivity contribution is 14.0. The zero-order valence-electron chi connectivity index (χ0n) is 17.5. The molecule has 0 saturated carbocycles. The number of likely N-dealkylation sites (tertiary alicyclic amines) is 1. The molecule has 2 N–H and O–H groups in total. The van der Waals surface area contributed by atoms with Crippen LogP contribution in [0.1, 0.15) is 18.9 Å². The minimum Gasteiger partial charge on any atom is -0.439 e. The quantitative estimate of drug-likeness (QED) is 0.226. The lowest BCUT2D eigenvalue weighted by molar-refractivity contribution is -0.143. The molecule has 0 amide bonds. The number of hydrogen-bond donors (Lipinski definition) is 2. The number of alkyl halides is 3. The molecule has 0 spiro atoms. The van der Waals surface area contributed by atoms with E-state index in [0.29, 0.717) is 50.2 Å². The number of aliphatic imine (C=N–C) groups is 1. The normalized spacial score (nSPS) is 17.0. The van der Waals surface area contributed by atoms with Gasteiger partial charge in [0, 0.05) is 37.9 Å². The molecule has 1 fully saturated rings. The molecular weight excluding hydrogens is 541 g/mol. The summed E-state index contributed by atoms with van der Waals surface area (Å²) < 4.78 is 56.4. The zero-order chi connectivity index (χ0) is 22.3. The molecule has 32 heavy (non-hydrogen) atoms. The number of hydrogen-bond acceptors (Lipinski definition) is 4. The first-order valence-electron chi connectivity index (χ1n) is 10.0. The maximum absolute atomic E-state index is 13.0. The van der Waals surface area contributed by atoms with Gasteiger partial charge in [0.1, 0.15) is 11.6 Å². The van der Waals surface area contributed by atoms with Crippen molar-refractivity contribution in [2.75, 3.05) is 26.2 Å². The van der Waals surface area contributed by atoms with Crippen molar-refractivity contribution in [1.82, 2.24) is 20.5 Å². The molecule has 1 unspecified atom stereocenters. The van der Waals surface area contributed by atoms with Crippen LogP contribution in [0.4, 0.5) is 17.6 Å². The van der Waals surface area contributed by atoms with E-state index < -0.39 is 12.7 Å². The van der Waals surface area contributed by atoms with E-state index in [4.69, 9.17) is 4.74 Å². The summed E-state index contributed by atoms with van der Waals surface area (Å²) in [5.41, 5.74) is 0.842. The highest BCUT2D eigenvalue weighted by Crippen LogP contribution is 2.21. The summed E-state index contributed by atoms with van der Waals surface area (Å²) in [6.07, 6.45) is -1.98. The summed E-state index contributed by atoms with van der Waals surface area (Å²) in [5.74, 6) is 1.01. The molecule has 1 aromatic heterocycles. The highest BCUT2D eigenvalue weighted by atomic mass is 127. The number of nitrogens with zero attached hydrogens (tertiary/aromatic N) is 3. The number of halogens is 5. The summed E-state index contributed by atoms with van der Waals surface area (Å²) in [6, 6.07) is 9.06. The topological polar surface area (TPSA) is 61.8 Å². The Morgan fingerprint density at radius 3 is 2.69 bits per heavy atom. The average molecular weight is 567 g/mol. The first-order chi connectivity index (χ1) is 14.8. The van der Waals surface area contributed by atoms with Gasteiger partial charge in [-0.25, -0.2) is 14.4 Å². The van der Waals surface area contributed by atoms with Crippen molar-refractivity contribution in [3.8, 4) is 11.6 Å². The smallest absolute Gasteiger partial charge is 0.401 e. The van der Waals surface area contributed by atoms with Crippen molar-refractivity contribution in [2.45, 2.75) is 32.1 Å². The third-order valence-corrected chi connectivity index (χ3v) is 4.62. The Hall–Kier alpha value is -2.15. The second kappa shape index (κ2) is 12.2. The van der Waals surface area contributed by atoms with Crippen LogP contribution in [-0.4, -0.2) is 54.2 Å². The molecule has 6 nitrogen and oxygen atoms in total. The van der Waals surface area contributed by atoms with Crippen LogP contribution in [-0.2, 0) is 6.54 Å². The van der Waals surface area contributed by atoms with E-state index in [1.54, 1.807) is 18.3 Å². The summed E-state index contributed by atoms with van der Waals surface area (Å²) in [5, 5.41) is 6.33. The summed E-state index contributed by atoms with van der Waals surface area (Å²) in [6.45, 7) is 2.69. The van der Waals surface area contributed by atoms with Crippen molar-refractivity contribution in [3.05, 3.63) is 54.0 Å². The zero-order valence-corrected chi connectivity index (χ0v) is 19.9. The first kappa shape index (κ1) is 26.1. The fourth-order valence-electron chi connectivity index (χ4n) is 3.26. The summed E-state index contributed by atoms with van der Waals surface area (Å²) >= 11 is 0. The van der Waals surface area contributed by atoms with E-state index in [1.165, 1.54) is 29.2 Å². The highest BCUT2D eigenvalue weighted by Gasteiger charge is 2.34. The van der Waals surface area contributed by atoms with E-state index in [1.807, 2.05) is 6.92 Å². The van der Waals surface area contributed by atoms with E-state index in [9.17, 15) is 17.6 Å². The maximum atomic E-state index is 13.0. The minimum atomic E-state index is -4.19. The van der Waals surface area contributed by atoms with Crippen LogP contribution in [0.3, 0.4) is 0 Å². The van der Waals surface area contributed by atoms with Gasteiger partial charge in [-0.15, -0.1) is 24.0 Å². The fraction of sp³-hybridized carbons (Fsp3) is 0.429. The van der Waals surface area contributed by atoms with Crippen molar-refractivity contribution in [3.63, 3.8) is 0 Å². The molecule has 1 saturated heterocycles. The average Bonchev–Trinajstić information content (AvgIpc) is 3.13. The third kappa shape index (κ3) is 8.77. The Kier molecular flexibility index (Phi) is 9.94. The number of aromatic nitrogens is 1. The monoisotopic (exact) mass is 567 g/mol. The second-order valence-electron chi connectivity index (χ2n) is 7.23. The summed E-state index contributed by atoms with van der Waals surface area (Å²) in [4.78, 5) is 10.1.